The maximum atomic E-state index is 10.7. The Morgan fingerprint density at radius 1 is 1.24 bits per heavy atom. The van der Waals surface area contributed by atoms with Crippen LogP contribution in [0.3, 0.4) is 0 Å². The van der Waals surface area contributed by atoms with Crippen LogP contribution in [0.5, 0.6) is 0 Å². The van der Waals surface area contributed by atoms with E-state index in [0.29, 0.717) is 20.6 Å². The Hall–Kier alpha value is -0.810. The van der Waals surface area contributed by atoms with Gasteiger partial charge in [0.25, 0.3) is 0 Å². The van der Waals surface area contributed by atoms with E-state index in [2.05, 4.69) is 4.98 Å². The van der Waals surface area contributed by atoms with Gasteiger partial charge in [-0.25, -0.2) is 9.78 Å². The lowest BCUT2D eigenvalue weighted by atomic mass is 10.2. The number of carbonyl (C=O) groups is 1. The van der Waals surface area contributed by atoms with Crippen molar-refractivity contribution >= 4 is 52.1 Å². The van der Waals surface area contributed by atoms with Crippen LogP contribution in [0.2, 0.25) is 15.1 Å². The fourth-order valence-electron chi connectivity index (χ4n) is 1.18. The molecule has 1 aromatic heterocycles. The summed E-state index contributed by atoms with van der Waals surface area (Å²) in [5.41, 5.74) is 0.633. The van der Waals surface area contributed by atoms with E-state index in [0.717, 1.165) is 0 Å². The molecule has 1 aromatic carbocycles. The van der Waals surface area contributed by atoms with Crippen LogP contribution in [-0.2, 0) is 0 Å². The average molecular weight is 309 g/mol. The van der Waals surface area contributed by atoms with E-state index in [1.807, 2.05) is 0 Å². The van der Waals surface area contributed by atoms with Gasteiger partial charge >= 0.3 is 5.97 Å². The van der Waals surface area contributed by atoms with Crippen LogP contribution in [-0.4, -0.2) is 16.1 Å². The molecule has 17 heavy (non-hydrogen) atoms. The van der Waals surface area contributed by atoms with Crippen molar-refractivity contribution in [3.05, 3.63) is 38.3 Å². The Morgan fingerprint density at radius 2 is 1.82 bits per heavy atom. The molecule has 0 aliphatic rings. The number of thiazole rings is 1. The van der Waals surface area contributed by atoms with Crippen LogP contribution in [0.15, 0.2) is 17.5 Å². The minimum atomic E-state index is -1.07. The average Bonchev–Trinajstić information content (AvgIpc) is 2.74. The predicted octanol–water partition coefficient (Wildman–Crippen LogP) is 4.47. The van der Waals surface area contributed by atoms with Crippen molar-refractivity contribution in [3.63, 3.8) is 0 Å². The number of hydrogen-bond acceptors (Lipinski definition) is 3. The van der Waals surface area contributed by atoms with Gasteiger partial charge in [0.2, 0.25) is 0 Å². The Balaban J connectivity index is 2.49. The van der Waals surface area contributed by atoms with Crippen LogP contribution in [0, 0.1) is 0 Å². The summed E-state index contributed by atoms with van der Waals surface area (Å²) in [5.74, 6) is -1.07. The number of hydrogen-bond donors (Lipinski definition) is 1. The lowest BCUT2D eigenvalue weighted by Crippen LogP contribution is -1.95. The summed E-state index contributed by atoms with van der Waals surface area (Å²) in [6.07, 6.45) is 0. The molecule has 88 valence electrons. The first-order chi connectivity index (χ1) is 7.99. The molecular weight excluding hydrogens is 305 g/mol. The predicted molar refractivity (Wildman–Crippen MR) is 69.5 cm³/mol. The molecule has 2 aromatic rings. The first kappa shape index (κ1) is 12.6. The summed E-state index contributed by atoms with van der Waals surface area (Å²) < 4.78 is 0. The second-order valence-electron chi connectivity index (χ2n) is 3.10. The van der Waals surface area contributed by atoms with Crippen molar-refractivity contribution in [1.82, 2.24) is 4.98 Å². The SMILES string of the molecule is O=C(O)c1csc(-c2cc(Cl)c(Cl)c(Cl)c2)n1. The second-order valence-corrected chi connectivity index (χ2v) is 5.15. The number of rotatable bonds is 2. The van der Waals surface area contributed by atoms with Crippen molar-refractivity contribution in [2.24, 2.45) is 0 Å². The molecule has 0 spiro atoms. The number of carboxylic acids is 1. The topological polar surface area (TPSA) is 50.2 Å². The number of nitrogens with zero attached hydrogens (tertiary/aromatic N) is 1. The van der Waals surface area contributed by atoms with E-state index < -0.39 is 5.97 Å². The lowest BCUT2D eigenvalue weighted by Gasteiger charge is -2.02. The second kappa shape index (κ2) is 4.82. The van der Waals surface area contributed by atoms with Crippen LogP contribution in [0.1, 0.15) is 10.5 Å². The van der Waals surface area contributed by atoms with Gasteiger partial charge in [0.1, 0.15) is 5.01 Å². The number of aromatic carboxylic acids is 1. The Labute approximate surface area is 116 Å². The van der Waals surface area contributed by atoms with E-state index in [-0.39, 0.29) is 10.7 Å². The Kier molecular flexibility index (Phi) is 3.58. The summed E-state index contributed by atoms with van der Waals surface area (Å²) in [6, 6.07) is 3.19. The van der Waals surface area contributed by atoms with Crippen molar-refractivity contribution in [3.8, 4) is 10.6 Å². The zero-order valence-corrected chi connectivity index (χ0v) is 11.2. The third-order valence-electron chi connectivity index (χ3n) is 1.95. The normalized spacial score (nSPS) is 10.5. The smallest absolute Gasteiger partial charge is 0.355 e. The summed E-state index contributed by atoms with van der Waals surface area (Å²) in [5, 5.41) is 11.6. The van der Waals surface area contributed by atoms with E-state index in [1.54, 1.807) is 12.1 Å². The van der Waals surface area contributed by atoms with Gasteiger partial charge in [0.05, 0.1) is 15.1 Å². The van der Waals surface area contributed by atoms with Gasteiger partial charge in [-0.2, -0.15) is 0 Å². The van der Waals surface area contributed by atoms with E-state index in [9.17, 15) is 4.79 Å². The van der Waals surface area contributed by atoms with Gasteiger partial charge in [0.15, 0.2) is 5.69 Å². The molecule has 0 saturated carbocycles. The summed E-state index contributed by atoms with van der Waals surface area (Å²) >= 11 is 18.8. The van der Waals surface area contributed by atoms with Crippen LogP contribution < -0.4 is 0 Å². The van der Waals surface area contributed by atoms with Gasteiger partial charge in [0, 0.05) is 10.9 Å². The molecule has 1 N–H and O–H groups in total. The molecule has 1 heterocycles. The van der Waals surface area contributed by atoms with E-state index >= 15 is 0 Å². The van der Waals surface area contributed by atoms with E-state index in [4.69, 9.17) is 39.9 Å². The van der Waals surface area contributed by atoms with Crippen molar-refractivity contribution in [2.45, 2.75) is 0 Å². The largest absolute Gasteiger partial charge is 0.476 e. The Morgan fingerprint density at radius 3 is 2.29 bits per heavy atom. The quantitative estimate of drug-likeness (QED) is 0.833. The monoisotopic (exact) mass is 307 g/mol. The molecule has 0 aliphatic heterocycles. The highest BCUT2D eigenvalue weighted by molar-refractivity contribution is 7.13. The number of halogens is 3. The molecule has 0 bridgehead atoms. The van der Waals surface area contributed by atoms with Gasteiger partial charge in [-0.1, -0.05) is 34.8 Å². The fourth-order valence-corrected chi connectivity index (χ4v) is 2.56. The highest BCUT2D eigenvalue weighted by Gasteiger charge is 2.13. The molecule has 2 rings (SSSR count). The first-order valence-corrected chi connectivity index (χ1v) is 6.34. The van der Waals surface area contributed by atoms with Crippen LogP contribution >= 0.6 is 46.1 Å². The molecule has 0 aliphatic carbocycles. The minimum absolute atomic E-state index is 0.00723. The first-order valence-electron chi connectivity index (χ1n) is 4.33. The standard InChI is InChI=1S/C10H4Cl3NO2S/c11-5-1-4(2-6(12)8(5)13)9-14-7(3-17-9)10(15)16/h1-3H,(H,15,16). The van der Waals surface area contributed by atoms with Crippen molar-refractivity contribution < 1.29 is 9.90 Å². The molecule has 0 radical (unpaired) electrons. The molecule has 0 atom stereocenters. The van der Waals surface area contributed by atoms with E-state index in [1.165, 1.54) is 16.7 Å². The van der Waals surface area contributed by atoms with Gasteiger partial charge < -0.3 is 5.11 Å². The molecule has 0 saturated heterocycles. The number of aromatic nitrogens is 1. The van der Waals surface area contributed by atoms with Crippen molar-refractivity contribution in [1.29, 1.82) is 0 Å². The summed E-state index contributed by atoms with van der Waals surface area (Å²) in [4.78, 5) is 14.7. The molecule has 3 nitrogen and oxygen atoms in total. The van der Waals surface area contributed by atoms with Crippen LogP contribution in [0.4, 0.5) is 0 Å². The maximum absolute atomic E-state index is 10.7. The minimum Gasteiger partial charge on any atom is -0.476 e. The summed E-state index contributed by atoms with van der Waals surface area (Å²) in [6.45, 7) is 0. The maximum Gasteiger partial charge on any atom is 0.355 e. The van der Waals surface area contributed by atoms with Gasteiger partial charge in [-0.3, -0.25) is 0 Å². The van der Waals surface area contributed by atoms with Crippen molar-refractivity contribution in [2.75, 3.05) is 0 Å². The third kappa shape index (κ3) is 2.55. The lowest BCUT2D eigenvalue weighted by molar-refractivity contribution is 0.0691. The molecule has 7 heteroatoms. The fraction of sp³-hybridized carbons (Fsp3) is 0. The zero-order valence-electron chi connectivity index (χ0n) is 8.08. The van der Waals surface area contributed by atoms with Gasteiger partial charge in [-0.05, 0) is 12.1 Å². The number of carboxylic acid groups (broad SMARTS) is 1. The molecule has 0 fully saturated rings. The third-order valence-corrected chi connectivity index (χ3v) is 4.04. The van der Waals surface area contributed by atoms with Gasteiger partial charge in [-0.15, -0.1) is 11.3 Å². The molecular formula is C10H4Cl3NO2S. The highest BCUT2D eigenvalue weighted by atomic mass is 35.5. The Bertz CT molecular complexity index is 574. The zero-order chi connectivity index (χ0) is 12.6. The highest BCUT2D eigenvalue weighted by Crippen LogP contribution is 2.35. The number of benzene rings is 1. The molecule has 0 amide bonds. The molecule has 0 unspecified atom stereocenters. The summed E-state index contributed by atoms with van der Waals surface area (Å²) in [7, 11) is 0. The van der Waals surface area contributed by atoms with Crippen LogP contribution in [0.25, 0.3) is 10.6 Å².